The lowest BCUT2D eigenvalue weighted by molar-refractivity contribution is -0.140. The number of methoxy groups -OCH3 is 1. The molecule has 1 aliphatic heterocycles. The molecule has 1 aliphatic rings. The minimum atomic E-state index is -0.761. The van der Waals surface area contributed by atoms with Crippen molar-refractivity contribution >= 4 is 40.7 Å². The van der Waals surface area contributed by atoms with E-state index in [0.29, 0.717) is 40.7 Å². The highest BCUT2D eigenvalue weighted by Gasteiger charge is 2.45. The summed E-state index contributed by atoms with van der Waals surface area (Å²) in [5, 5.41) is 11.6. The quantitative estimate of drug-likeness (QED) is 0.308. The molecule has 0 unspecified atom stereocenters. The number of Topliss-reactive ketones (excluding diaryl/α,β-unsaturated/α-hetero) is 1. The van der Waals surface area contributed by atoms with E-state index in [4.69, 9.17) is 27.9 Å². The van der Waals surface area contributed by atoms with Crippen LogP contribution in [0.2, 0.25) is 10.0 Å². The lowest BCUT2D eigenvalue weighted by Gasteiger charge is -2.25. The number of aryl methyl sites for hydroxylation is 1. The summed E-state index contributed by atoms with van der Waals surface area (Å²) in [6.45, 7) is 2.66. The number of nitrogens with zero attached hydrogens (tertiary/aromatic N) is 1. The molecule has 2 aromatic carbocycles. The van der Waals surface area contributed by atoms with Crippen LogP contribution in [0.1, 0.15) is 29.2 Å². The predicted octanol–water partition coefficient (Wildman–Crippen LogP) is 4.76. The maximum absolute atomic E-state index is 12.9. The first-order valence-corrected chi connectivity index (χ1v) is 9.90. The van der Waals surface area contributed by atoms with Crippen molar-refractivity contribution in [3.8, 4) is 0 Å². The summed E-state index contributed by atoms with van der Waals surface area (Å²) in [5.41, 5.74) is 2.12. The summed E-state index contributed by atoms with van der Waals surface area (Å²) in [6, 6.07) is 11.3. The monoisotopic (exact) mass is 433 g/mol. The fourth-order valence-electron chi connectivity index (χ4n) is 3.39. The van der Waals surface area contributed by atoms with Crippen molar-refractivity contribution in [2.45, 2.75) is 19.4 Å². The molecule has 5 nitrogen and oxygen atoms in total. The Kier molecular flexibility index (Phi) is 6.63. The Balaban J connectivity index is 2.14. The number of halogens is 2. The smallest absolute Gasteiger partial charge is 0.295 e. The highest BCUT2D eigenvalue weighted by atomic mass is 35.5. The van der Waals surface area contributed by atoms with E-state index in [1.165, 1.54) is 4.90 Å². The zero-order chi connectivity index (χ0) is 21.1. The molecule has 29 heavy (non-hydrogen) atoms. The number of carbonyl (C=O) groups is 2. The molecular weight excluding hydrogens is 413 g/mol. The third kappa shape index (κ3) is 4.32. The third-order valence-electron chi connectivity index (χ3n) is 4.87. The number of aliphatic hydroxyl groups is 1. The van der Waals surface area contributed by atoms with Crippen LogP contribution in [0.3, 0.4) is 0 Å². The molecule has 1 amide bonds. The van der Waals surface area contributed by atoms with Crippen LogP contribution >= 0.6 is 23.2 Å². The topological polar surface area (TPSA) is 66.8 Å². The Morgan fingerprint density at radius 3 is 2.41 bits per heavy atom. The predicted molar refractivity (Wildman–Crippen MR) is 113 cm³/mol. The molecule has 1 atom stereocenters. The fraction of sp³-hybridized carbons (Fsp3) is 0.273. The Morgan fingerprint density at radius 2 is 1.79 bits per heavy atom. The van der Waals surface area contributed by atoms with Gasteiger partial charge >= 0.3 is 0 Å². The molecular formula is C22H21Cl2NO4. The van der Waals surface area contributed by atoms with Crippen molar-refractivity contribution in [2.75, 3.05) is 20.3 Å². The second-order valence-corrected chi connectivity index (χ2v) is 7.69. The number of amides is 1. The van der Waals surface area contributed by atoms with Crippen LogP contribution in [0, 0.1) is 6.92 Å². The summed E-state index contributed by atoms with van der Waals surface area (Å²) < 4.78 is 5.07. The summed E-state index contributed by atoms with van der Waals surface area (Å²) in [7, 11) is 1.57. The molecule has 2 aromatic rings. The van der Waals surface area contributed by atoms with Crippen LogP contribution in [0.4, 0.5) is 0 Å². The maximum Gasteiger partial charge on any atom is 0.295 e. The molecule has 0 aliphatic carbocycles. The Morgan fingerprint density at radius 1 is 1.10 bits per heavy atom. The van der Waals surface area contributed by atoms with E-state index >= 15 is 0 Å². The molecule has 3 rings (SSSR count). The minimum absolute atomic E-state index is 0.0367. The highest BCUT2D eigenvalue weighted by molar-refractivity contribution is 6.46. The maximum atomic E-state index is 12.9. The van der Waals surface area contributed by atoms with E-state index in [1.54, 1.807) is 37.4 Å². The summed E-state index contributed by atoms with van der Waals surface area (Å²) in [5.74, 6) is -1.60. The zero-order valence-corrected chi connectivity index (χ0v) is 17.6. The summed E-state index contributed by atoms with van der Waals surface area (Å²) >= 11 is 12.2. The molecule has 0 saturated carbocycles. The number of likely N-dealkylation sites (tertiary alicyclic amines) is 1. The van der Waals surface area contributed by atoms with Gasteiger partial charge in [-0.2, -0.15) is 0 Å². The van der Waals surface area contributed by atoms with Gasteiger partial charge in [0.05, 0.1) is 21.7 Å². The van der Waals surface area contributed by atoms with Gasteiger partial charge in [-0.15, -0.1) is 0 Å². The van der Waals surface area contributed by atoms with Crippen LogP contribution < -0.4 is 0 Å². The van der Waals surface area contributed by atoms with Gasteiger partial charge in [-0.25, -0.2) is 0 Å². The van der Waals surface area contributed by atoms with Gasteiger partial charge in [-0.3, -0.25) is 9.59 Å². The van der Waals surface area contributed by atoms with Gasteiger partial charge < -0.3 is 14.7 Å². The van der Waals surface area contributed by atoms with Crippen molar-refractivity contribution < 1.29 is 19.4 Å². The number of hydrogen-bond acceptors (Lipinski definition) is 4. The number of benzene rings is 2. The SMILES string of the molecule is COCCCN1C(=O)C(=O)C(=C(O)c2ccc(C)cc2)[C@H]1c1ccc(Cl)c(Cl)c1. The molecule has 152 valence electrons. The second-order valence-electron chi connectivity index (χ2n) is 6.88. The Labute approximate surface area is 179 Å². The molecule has 1 saturated heterocycles. The van der Waals surface area contributed by atoms with Crippen molar-refractivity contribution in [3.05, 3.63) is 74.8 Å². The van der Waals surface area contributed by atoms with Gasteiger partial charge in [0, 0.05) is 25.8 Å². The molecule has 1 heterocycles. The molecule has 1 fully saturated rings. The number of aliphatic hydroxyl groups excluding tert-OH is 1. The van der Waals surface area contributed by atoms with E-state index in [9.17, 15) is 14.7 Å². The van der Waals surface area contributed by atoms with Crippen LogP contribution in [0.25, 0.3) is 5.76 Å². The number of rotatable bonds is 6. The largest absolute Gasteiger partial charge is 0.507 e. The average Bonchev–Trinajstić information content (AvgIpc) is 2.95. The Bertz CT molecular complexity index is 969. The van der Waals surface area contributed by atoms with Crippen LogP contribution in [0.15, 0.2) is 48.0 Å². The standard InChI is InChI=1S/C22H21Cl2NO4/c1-13-4-6-14(7-5-13)20(26)18-19(15-8-9-16(23)17(24)12-15)25(10-3-11-29-2)22(28)21(18)27/h4-9,12,19,26H,3,10-11H2,1-2H3/t19-/m1/s1. The van der Waals surface area contributed by atoms with Gasteiger partial charge in [-0.05, 0) is 31.0 Å². The molecule has 7 heteroatoms. The average molecular weight is 434 g/mol. The summed E-state index contributed by atoms with van der Waals surface area (Å²) in [4.78, 5) is 27.1. The van der Waals surface area contributed by atoms with E-state index in [2.05, 4.69) is 0 Å². The first-order valence-electron chi connectivity index (χ1n) is 9.14. The van der Waals surface area contributed by atoms with E-state index in [0.717, 1.165) is 5.56 Å². The number of ether oxygens (including phenoxy) is 1. The van der Waals surface area contributed by atoms with Crippen molar-refractivity contribution in [3.63, 3.8) is 0 Å². The number of carbonyl (C=O) groups excluding carboxylic acids is 2. The van der Waals surface area contributed by atoms with E-state index in [-0.39, 0.29) is 11.3 Å². The minimum Gasteiger partial charge on any atom is -0.507 e. The van der Waals surface area contributed by atoms with Gasteiger partial charge in [0.25, 0.3) is 11.7 Å². The molecule has 0 aromatic heterocycles. The lowest BCUT2D eigenvalue weighted by atomic mass is 9.95. The fourth-order valence-corrected chi connectivity index (χ4v) is 3.69. The second kappa shape index (κ2) is 8.99. The van der Waals surface area contributed by atoms with Crippen LogP contribution in [-0.2, 0) is 14.3 Å². The third-order valence-corrected chi connectivity index (χ3v) is 5.61. The van der Waals surface area contributed by atoms with Crippen LogP contribution in [-0.4, -0.2) is 42.0 Å². The zero-order valence-electron chi connectivity index (χ0n) is 16.1. The van der Waals surface area contributed by atoms with Gasteiger partial charge in [0.2, 0.25) is 0 Å². The summed E-state index contributed by atoms with van der Waals surface area (Å²) in [6.07, 6.45) is 0.548. The van der Waals surface area contributed by atoms with Gasteiger partial charge in [0.1, 0.15) is 5.76 Å². The number of hydrogen-bond donors (Lipinski definition) is 1. The van der Waals surface area contributed by atoms with Gasteiger partial charge in [-0.1, -0.05) is 59.1 Å². The normalized spacial score (nSPS) is 18.5. The molecule has 0 spiro atoms. The van der Waals surface area contributed by atoms with Crippen molar-refractivity contribution in [1.29, 1.82) is 0 Å². The van der Waals surface area contributed by atoms with Crippen molar-refractivity contribution in [2.24, 2.45) is 0 Å². The molecule has 1 N–H and O–H groups in total. The van der Waals surface area contributed by atoms with E-state index < -0.39 is 17.7 Å². The van der Waals surface area contributed by atoms with Crippen LogP contribution in [0.5, 0.6) is 0 Å². The highest BCUT2D eigenvalue weighted by Crippen LogP contribution is 2.41. The van der Waals surface area contributed by atoms with E-state index in [1.807, 2.05) is 19.1 Å². The van der Waals surface area contributed by atoms with Gasteiger partial charge in [0.15, 0.2) is 0 Å². The first kappa shape index (κ1) is 21.4. The molecule has 0 bridgehead atoms. The number of ketones is 1. The Hall–Kier alpha value is -2.34. The molecule has 0 radical (unpaired) electrons. The first-order chi connectivity index (χ1) is 13.8. The lowest BCUT2D eigenvalue weighted by Crippen LogP contribution is -2.31. The van der Waals surface area contributed by atoms with Crippen molar-refractivity contribution in [1.82, 2.24) is 4.90 Å².